The van der Waals surface area contributed by atoms with Crippen molar-refractivity contribution in [3.8, 4) is 0 Å². The average molecular weight is 223 g/mol. The van der Waals surface area contributed by atoms with Crippen LogP contribution in [0.5, 0.6) is 0 Å². The summed E-state index contributed by atoms with van der Waals surface area (Å²) >= 11 is 0. The standard InChI is InChI=1S/C12H21N3O/c1-9-12(5-8-16)10(2)15(14-9)11-3-6-13-7-4-11/h11,13,16H,3-8H2,1-2H3. The summed E-state index contributed by atoms with van der Waals surface area (Å²) < 4.78 is 2.17. The van der Waals surface area contributed by atoms with E-state index in [1.165, 1.54) is 11.3 Å². The second-order valence-corrected chi connectivity index (χ2v) is 4.55. The lowest BCUT2D eigenvalue weighted by molar-refractivity contribution is 0.298. The topological polar surface area (TPSA) is 50.1 Å². The van der Waals surface area contributed by atoms with Gasteiger partial charge in [0.05, 0.1) is 11.7 Å². The first-order chi connectivity index (χ1) is 7.74. The Labute approximate surface area is 96.7 Å². The third-order valence-corrected chi connectivity index (χ3v) is 3.49. The maximum atomic E-state index is 9.04. The van der Waals surface area contributed by atoms with Crippen LogP contribution in [0.1, 0.15) is 35.8 Å². The Morgan fingerprint density at radius 2 is 2.06 bits per heavy atom. The first-order valence-corrected chi connectivity index (χ1v) is 6.10. The van der Waals surface area contributed by atoms with Crippen LogP contribution in [0.4, 0.5) is 0 Å². The van der Waals surface area contributed by atoms with Gasteiger partial charge < -0.3 is 10.4 Å². The normalized spacial score (nSPS) is 17.9. The van der Waals surface area contributed by atoms with Gasteiger partial charge in [-0.25, -0.2) is 0 Å². The van der Waals surface area contributed by atoms with Crippen molar-refractivity contribution in [1.29, 1.82) is 0 Å². The lowest BCUT2D eigenvalue weighted by Crippen LogP contribution is -2.30. The molecule has 90 valence electrons. The van der Waals surface area contributed by atoms with Gasteiger partial charge in [0.15, 0.2) is 0 Å². The van der Waals surface area contributed by atoms with Gasteiger partial charge in [-0.1, -0.05) is 0 Å². The van der Waals surface area contributed by atoms with Gasteiger partial charge in [0.2, 0.25) is 0 Å². The highest BCUT2D eigenvalue weighted by molar-refractivity contribution is 5.25. The first-order valence-electron chi connectivity index (χ1n) is 6.10. The molecule has 4 heteroatoms. The second-order valence-electron chi connectivity index (χ2n) is 4.55. The lowest BCUT2D eigenvalue weighted by atomic mass is 10.1. The summed E-state index contributed by atoms with van der Waals surface area (Å²) in [6, 6.07) is 0.535. The van der Waals surface area contributed by atoms with Crippen molar-refractivity contribution >= 4 is 0 Å². The molecule has 0 radical (unpaired) electrons. The summed E-state index contributed by atoms with van der Waals surface area (Å²) in [5, 5.41) is 17.0. The third kappa shape index (κ3) is 2.13. The van der Waals surface area contributed by atoms with E-state index in [0.717, 1.165) is 38.0 Å². The van der Waals surface area contributed by atoms with Crippen molar-refractivity contribution in [2.24, 2.45) is 0 Å². The van der Waals surface area contributed by atoms with Gasteiger partial charge in [-0.05, 0) is 51.8 Å². The van der Waals surface area contributed by atoms with E-state index < -0.39 is 0 Å². The van der Waals surface area contributed by atoms with Crippen molar-refractivity contribution in [3.63, 3.8) is 0 Å². The minimum atomic E-state index is 0.208. The Kier molecular flexibility index (Phi) is 3.61. The van der Waals surface area contributed by atoms with Gasteiger partial charge in [0.1, 0.15) is 0 Å². The number of piperidine rings is 1. The van der Waals surface area contributed by atoms with E-state index in [-0.39, 0.29) is 6.61 Å². The summed E-state index contributed by atoms with van der Waals surface area (Å²) in [4.78, 5) is 0. The molecule has 0 aliphatic carbocycles. The zero-order valence-corrected chi connectivity index (χ0v) is 10.2. The second kappa shape index (κ2) is 4.97. The van der Waals surface area contributed by atoms with E-state index in [2.05, 4.69) is 22.0 Å². The molecule has 1 aliphatic heterocycles. The fourth-order valence-electron chi connectivity index (χ4n) is 2.58. The minimum Gasteiger partial charge on any atom is -0.396 e. The van der Waals surface area contributed by atoms with Crippen molar-refractivity contribution in [2.45, 2.75) is 39.2 Å². The van der Waals surface area contributed by atoms with Crippen LogP contribution < -0.4 is 5.32 Å². The van der Waals surface area contributed by atoms with E-state index in [9.17, 15) is 0 Å². The maximum absolute atomic E-state index is 9.04. The summed E-state index contributed by atoms with van der Waals surface area (Å²) in [6.07, 6.45) is 3.03. The molecule has 0 amide bonds. The number of aliphatic hydroxyl groups is 1. The van der Waals surface area contributed by atoms with Crippen LogP contribution in [-0.4, -0.2) is 34.6 Å². The van der Waals surface area contributed by atoms with Crippen LogP contribution >= 0.6 is 0 Å². The molecule has 2 rings (SSSR count). The number of rotatable bonds is 3. The molecule has 2 N–H and O–H groups in total. The van der Waals surface area contributed by atoms with Gasteiger partial charge in [-0.3, -0.25) is 4.68 Å². The molecule has 1 aromatic rings. The number of hydrogen-bond acceptors (Lipinski definition) is 3. The van der Waals surface area contributed by atoms with E-state index in [1.807, 2.05) is 6.92 Å². The summed E-state index contributed by atoms with van der Waals surface area (Å²) in [5.74, 6) is 0. The monoisotopic (exact) mass is 223 g/mol. The number of aliphatic hydroxyl groups excluding tert-OH is 1. The molecule has 0 aromatic carbocycles. The summed E-state index contributed by atoms with van der Waals surface area (Å²) in [5.41, 5.74) is 3.53. The van der Waals surface area contributed by atoms with Gasteiger partial charge in [0.25, 0.3) is 0 Å². The zero-order chi connectivity index (χ0) is 11.5. The summed E-state index contributed by atoms with van der Waals surface area (Å²) in [7, 11) is 0. The van der Waals surface area contributed by atoms with Crippen molar-refractivity contribution in [1.82, 2.24) is 15.1 Å². The van der Waals surface area contributed by atoms with Crippen molar-refractivity contribution in [3.05, 3.63) is 17.0 Å². The van der Waals surface area contributed by atoms with Crippen LogP contribution in [0.15, 0.2) is 0 Å². The van der Waals surface area contributed by atoms with Crippen LogP contribution in [0, 0.1) is 13.8 Å². The number of hydrogen-bond donors (Lipinski definition) is 2. The Balaban J connectivity index is 2.23. The van der Waals surface area contributed by atoms with E-state index in [1.54, 1.807) is 0 Å². The Morgan fingerprint density at radius 1 is 1.38 bits per heavy atom. The largest absolute Gasteiger partial charge is 0.396 e. The molecular weight excluding hydrogens is 202 g/mol. The molecule has 16 heavy (non-hydrogen) atoms. The van der Waals surface area contributed by atoms with E-state index in [0.29, 0.717) is 6.04 Å². The van der Waals surface area contributed by atoms with Crippen molar-refractivity contribution in [2.75, 3.05) is 19.7 Å². The highest BCUT2D eigenvalue weighted by atomic mass is 16.2. The fraction of sp³-hybridized carbons (Fsp3) is 0.750. The molecule has 0 atom stereocenters. The SMILES string of the molecule is Cc1nn(C2CCNCC2)c(C)c1CCO. The van der Waals surface area contributed by atoms with Gasteiger partial charge in [0, 0.05) is 12.3 Å². The zero-order valence-electron chi connectivity index (χ0n) is 10.2. The molecule has 0 unspecified atom stereocenters. The number of aryl methyl sites for hydroxylation is 1. The number of nitrogens with zero attached hydrogens (tertiary/aromatic N) is 2. The minimum absolute atomic E-state index is 0.208. The average Bonchev–Trinajstić information content (AvgIpc) is 2.59. The first kappa shape index (κ1) is 11.6. The smallest absolute Gasteiger partial charge is 0.0629 e. The highest BCUT2D eigenvalue weighted by Gasteiger charge is 2.20. The van der Waals surface area contributed by atoms with Crippen LogP contribution in [-0.2, 0) is 6.42 Å². The van der Waals surface area contributed by atoms with Crippen LogP contribution in [0.3, 0.4) is 0 Å². The maximum Gasteiger partial charge on any atom is 0.0629 e. The van der Waals surface area contributed by atoms with Crippen LogP contribution in [0.2, 0.25) is 0 Å². The van der Waals surface area contributed by atoms with Gasteiger partial charge in [-0.2, -0.15) is 5.10 Å². The lowest BCUT2D eigenvalue weighted by Gasteiger charge is -2.24. The Bertz CT molecular complexity index is 353. The van der Waals surface area contributed by atoms with Crippen molar-refractivity contribution < 1.29 is 5.11 Å². The molecule has 2 heterocycles. The molecule has 0 bridgehead atoms. The molecule has 1 fully saturated rings. The van der Waals surface area contributed by atoms with E-state index in [4.69, 9.17) is 5.11 Å². The van der Waals surface area contributed by atoms with Crippen LogP contribution in [0.25, 0.3) is 0 Å². The third-order valence-electron chi connectivity index (χ3n) is 3.49. The Hall–Kier alpha value is -0.870. The number of nitrogens with one attached hydrogen (secondary N) is 1. The van der Waals surface area contributed by atoms with Gasteiger partial charge in [-0.15, -0.1) is 0 Å². The van der Waals surface area contributed by atoms with E-state index >= 15 is 0 Å². The molecule has 0 saturated carbocycles. The summed E-state index contributed by atoms with van der Waals surface area (Å²) in [6.45, 7) is 6.53. The molecule has 0 spiro atoms. The Morgan fingerprint density at radius 3 is 2.69 bits per heavy atom. The predicted molar refractivity (Wildman–Crippen MR) is 63.6 cm³/mol. The molecule has 1 aromatic heterocycles. The predicted octanol–water partition coefficient (Wildman–Crippen LogP) is 0.959. The molecule has 1 saturated heterocycles. The molecule has 1 aliphatic rings. The number of aromatic nitrogens is 2. The molecule has 4 nitrogen and oxygen atoms in total. The van der Waals surface area contributed by atoms with Gasteiger partial charge >= 0.3 is 0 Å². The highest BCUT2D eigenvalue weighted by Crippen LogP contribution is 2.23. The molecular formula is C12H21N3O. The fourth-order valence-corrected chi connectivity index (χ4v) is 2.58. The quantitative estimate of drug-likeness (QED) is 0.802.